The van der Waals surface area contributed by atoms with Crippen molar-refractivity contribution < 1.29 is 14.6 Å². The minimum atomic E-state index is -0.440. The Morgan fingerprint density at radius 1 is 1.09 bits per heavy atom. The maximum absolute atomic E-state index is 11.8. The number of benzene rings is 2. The van der Waals surface area contributed by atoms with E-state index in [4.69, 9.17) is 4.74 Å². The van der Waals surface area contributed by atoms with Gasteiger partial charge in [0.05, 0.1) is 5.69 Å². The molecule has 0 radical (unpaired) electrons. The smallest absolute Gasteiger partial charge is 0.321 e. The van der Waals surface area contributed by atoms with Crippen molar-refractivity contribution in [3.05, 3.63) is 53.1 Å². The molecule has 116 valence electrons. The zero-order chi connectivity index (χ0) is 16.1. The molecule has 5 nitrogen and oxygen atoms in total. The fraction of sp³-hybridized carbons (Fsp3) is 0.235. The first kappa shape index (κ1) is 15.7. The van der Waals surface area contributed by atoms with Crippen molar-refractivity contribution in [3.8, 4) is 11.5 Å². The first-order chi connectivity index (χ1) is 10.5. The number of rotatable bonds is 4. The summed E-state index contributed by atoms with van der Waals surface area (Å²) in [6.07, 6.45) is 0. The Bertz CT molecular complexity index is 684. The van der Waals surface area contributed by atoms with Crippen LogP contribution in [0.5, 0.6) is 11.5 Å². The molecule has 0 aliphatic heterocycles. The molecular weight excluding hydrogens is 280 g/mol. The van der Waals surface area contributed by atoms with Crippen LogP contribution in [0.4, 0.5) is 10.5 Å². The number of hydrogen-bond donors (Lipinski definition) is 3. The first-order valence-electron chi connectivity index (χ1n) is 7.01. The second-order valence-corrected chi connectivity index (χ2v) is 5.09. The summed E-state index contributed by atoms with van der Waals surface area (Å²) < 4.78 is 5.65. The predicted octanol–water partition coefficient (Wildman–Crippen LogP) is 3.48. The predicted molar refractivity (Wildman–Crippen MR) is 86.4 cm³/mol. The van der Waals surface area contributed by atoms with Crippen molar-refractivity contribution in [1.82, 2.24) is 5.32 Å². The quantitative estimate of drug-likeness (QED) is 0.598. The fourth-order valence-corrected chi connectivity index (χ4v) is 2.07. The summed E-state index contributed by atoms with van der Waals surface area (Å²) in [4.78, 5) is 11.8. The van der Waals surface area contributed by atoms with Gasteiger partial charge in [0.2, 0.25) is 0 Å². The lowest BCUT2D eigenvalue weighted by Gasteiger charge is -2.15. The molecule has 0 aromatic heterocycles. The lowest BCUT2D eigenvalue weighted by atomic mass is 10.1. The van der Waals surface area contributed by atoms with Gasteiger partial charge in [-0.05, 0) is 49.6 Å². The summed E-state index contributed by atoms with van der Waals surface area (Å²) >= 11 is 0. The van der Waals surface area contributed by atoms with Gasteiger partial charge in [-0.1, -0.05) is 24.3 Å². The topological polar surface area (TPSA) is 70.6 Å². The Hall–Kier alpha value is -2.69. The van der Waals surface area contributed by atoms with Crippen molar-refractivity contribution >= 4 is 11.7 Å². The van der Waals surface area contributed by atoms with Crippen molar-refractivity contribution in [2.24, 2.45) is 0 Å². The van der Waals surface area contributed by atoms with Crippen molar-refractivity contribution in [3.63, 3.8) is 0 Å². The Morgan fingerprint density at radius 2 is 1.77 bits per heavy atom. The summed E-state index contributed by atoms with van der Waals surface area (Å²) in [5, 5.41) is 14.7. The number of phenols is 1. The van der Waals surface area contributed by atoms with E-state index in [1.165, 1.54) is 6.07 Å². The number of nitrogens with one attached hydrogen (secondary N) is 2. The maximum atomic E-state index is 11.8. The molecule has 0 aliphatic carbocycles. The molecule has 0 bridgehead atoms. The average Bonchev–Trinajstić information content (AvgIpc) is 2.49. The van der Waals surface area contributed by atoms with E-state index in [9.17, 15) is 9.90 Å². The highest BCUT2D eigenvalue weighted by Gasteiger charge is 2.08. The Morgan fingerprint density at radius 3 is 2.50 bits per heavy atom. The number of phenolic OH excluding ortho intramolecular Hbond substituents is 1. The number of hydrogen-bond acceptors (Lipinski definition) is 3. The third-order valence-electron chi connectivity index (χ3n) is 3.48. The van der Waals surface area contributed by atoms with Crippen LogP contribution in [-0.2, 0) is 0 Å². The van der Waals surface area contributed by atoms with E-state index in [1.807, 2.05) is 32.9 Å². The Balaban J connectivity index is 1.90. The second-order valence-electron chi connectivity index (χ2n) is 5.09. The Kier molecular flexibility index (Phi) is 4.88. The van der Waals surface area contributed by atoms with E-state index in [0.717, 1.165) is 22.4 Å². The van der Waals surface area contributed by atoms with E-state index in [0.29, 0.717) is 5.69 Å². The second kappa shape index (κ2) is 6.85. The highest BCUT2D eigenvalue weighted by molar-refractivity contribution is 5.90. The molecule has 0 spiro atoms. The molecule has 22 heavy (non-hydrogen) atoms. The van der Waals surface area contributed by atoms with Crippen LogP contribution in [0, 0.1) is 20.8 Å². The van der Waals surface area contributed by atoms with Gasteiger partial charge in [-0.15, -0.1) is 0 Å². The van der Waals surface area contributed by atoms with Gasteiger partial charge in [0.1, 0.15) is 11.5 Å². The SMILES string of the molecule is Cc1ccc(C)c(OCNC(=O)Nc2ccccc2O)c1C. The highest BCUT2D eigenvalue weighted by atomic mass is 16.5. The number of carbonyl (C=O) groups excluding carboxylic acids is 1. The summed E-state index contributed by atoms with van der Waals surface area (Å²) in [6, 6.07) is 10.1. The van der Waals surface area contributed by atoms with Gasteiger partial charge >= 0.3 is 6.03 Å². The molecule has 2 amide bonds. The zero-order valence-corrected chi connectivity index (χ0v) is 12.9. The van der Waals surface area contributed by atoms with Crippen LogP contribution in [0.1, 0.15) is 16.7 Å². The molecule has 3 N–H and O–H groups in total. The molecule has 2 rings (SSSR count). The van der Waals surface area contributed by atoms with Crippen LogP contribution in [0.15, 0.2) is 36.4 Å². The molecule has 0 fully saturated rings. The van der Waals surface area contributed by atoms with E-state index in [1.54, 1.807) is 18.2 Å². The third-order valence-corrected chi connectivity index (χ3v) is 3.48. The molecule has 0 atom stereocenters. The monoisotopic (exact) mass is 300 g/mol. The van der Waals surface area contributed by atoms with E-state index in [2.05, 4.69) is 10.6 Å². The minimum absolute atomic E-state index is 0.0175. The van der Waals surface area contributed by atoms with Gasteiger partial charge in [-0.3, -0.25) is 0 Å². The number of anilines is 1. The fourth-order valence-electron chi connectivity index (χ4n) is 2.07. The number of urea groups is 1. The summed E-state index contributed by atoms with van der Waals surface area (Å²) in [6.45, 7) is 6.01. The molecule has 0 saturated carbocycles. The van der Waals surface area contributed by atoms with Crippen molar-refractivity contribution in [2.75, 3.05) is 12.0 Å². The number of ether oxygens (including phenoxy) is 1. The number of aryl methyl sites for hydroxylation is 2. The van der Waals surface area contributed by atoms with Gasteiger partial charge in [-0.25, -0.2) is 4.79 Å². The van der Waals surface area contributed by atoms with Gasteiger partial charge < -0.3 is 20.5 Å². The molecule has 2 aromatic rings. The van der Waals surface area contributed by atoms with Crippen LogP contribution in [0.2, 0.25) is 0 Å². The molecule has 0 unspecified atom stereocenters. The molecule has 0 heterocycles. The van der Waals surface area contributed by atoms with Gasteiger partial charge in [-0.2, -0.15) is 0 Å². The molecule has 0 saturated heterocycles. The van der Waals surface area contributed by atoms with E-state index < -0.39 is 6.03 Å². The van der Waals surface area contributed by atoms with Crippen LogP contribution in [0.3, 0.4) is 0 Å². The zero-order valence-electron chi connectivity index (χ0n) is 12.9. The molecule has 0 aliphatic rings. The molecule has 2 aromatic carbocycles. The van der Waals surface area contributed by atoms with Crippen molar-refractivity contribution in [2.45, 2.75) is 20.8 Å². The maximum Gasteiger partial charge on any atom is 0.321 e. The largest absolute Gasteiger partial charge is 0.506 e. The first-order valence-corrected chi connectivity index (χ1v) is 7.01. The standard InChI is InChI=1S/C17H20N2O3/c1-11-8-9-12(2)16(13(11)3)22-10-18-17(21)19-14-6-4-5-7-15(14)20/h4-9,20H,10H2,1-3H3,(H2,18,19,21). The normalized spacial score (nSPS) is 10.1. The van der Waals surface area contributed by atoms with E-state index >= 15 is 0 Å². The number of aromatic hydroxyl groups is 1. The summed E-state index contributed by atoms with van der Waals surface area (Å²) in [5.74, 6) is 0.798. The number of carbonyl (C=O) groups is 1. The minimum Gasteiger partial charge on any atom is -0.506 e. The van der Waals surface area contributed by atoms with Gasteiger partial charge in [0, 0.05) is 0 Å². The molecular formula is C17H20N2O3. The third kappa shape index (κ3) is 3.69. The summed E-state index contributed by atoms with van der Waals surface area (Å²) in [5.41, 5.74) is 3.57. The van der Waals surface area contributed by atoms with Crippen LogP contribution >= 0.6 is 0 Å². The van der Waals surface area contributed by atoms with Gasteiger partial charge in [0.25, 0.3) is 0 Å². The lowest BCUT2D eigenvalue weighted by Crippen LogP contribution is -2.32. The summed E-state index contributed by atoms with van der Waals surface area (Å²) in [7, 11) is 0. The van der Waals surface area contributed by atoms with Gasteiger partial charge in [0.15, 0.2) is 6.73 Å². The van der Waals surface area contributed by atoms with Crippen molar-refractivity contribution in [1.29, 1.82) is 0 Å². The van der Waals surface area contributed by atoms with Crippen LogP contribution in [0.25, 0.3) is 0 Å². The van der Waals surface area contributed by atoms with E-state index in [-0.39, 0.29) is 12.5 Å². The highest BCUT2D eigenvalue weighted by Crippen LogP contribution is 2.25. The Labute approximate surface area is 129 Å². The molecule has 5 heteroatoms. The van der Waals surface area contributed by atoms with Crippen LogP contribution in [-0.4, -0.2) is 17.9 Å². The van der Waals surface area contributed by atoms with Crippen LogP contribution < -0.4 is 15.4 Å². The number of para-hydroxylation sites is 2. The average molecular weight is 300 g/mol. The lowest BCUT2D eigenvalue weighted by molar-refractivity contribution is 0.234. The number of amides is 2.